The molecule has 0 radical (unpaired) electrons. The van der Waals surface area contributed by atoms with Gasteiger partial charge in [0.15, 0.2) is 11.5 Å². The lowest BCUT2D eigenvalue weighted by Gasteiger charge is -2.08. The number of ether oxygens (including phenoxy) is 1. The molecule has 1 rings (SSSR count). The first-order chi connectivity index (χ1) is 7.90. The van der Waals surface area contributed by atoms with Crippen LogP contribution in [0.2, 0.25) is 5.02 Å². The summed E-state index contributed by atoms with van der Waals surface area (Å²) in [6, 6.07) is 0.750. The summed E-state index contributed by atoms with van der Waals surface area (Å²) < 4.78 is 4.43. The number of carbonyl (C=O) groups is 2. The Balaban J connectivity index is 3.31. The van der Waals surface area contributed by atoms with Crippen molar-refractivity contribution in [1.82, 2.24) is 0 Å². The summed E-state index contributed by atoms with van der Waals surface area (Å²) in [5, 5.41) is 27.3. The van der Waals surface area contributed by atoms with Crippen LogP contribution in [0.3, 0.4) is 0 Å². The highest BCUT2D eigenvalue weighted by molar-refractivity contribution is 6.46. The Morgan fingerprint density at radius 3 is 2.41 bits per heavy atom. The molecule has 7 heteroatoms. The van der Waals surface area contributed by atoms with E-state index in [1.54, 1.807) is 0 Å². The summed E-state index contributed by atoms with van der Waals surface area (Å²) in [5.74, 6) is -4.77. The van der Waals surface area contributed by atoms with Crippen LogP contribution in [-0.4, -0.2) is 33.7 Å². The molecule has 3 N–H and O–H groups in total. The lowest BCUT2D eigenvalue weighted by atomic mass is 10.1. The fourth-order valence-corrected chi connectivity index (χ4v) is 1.36. The number of phenols is 3. The van der Waals surface area contributed by atoms with Crippen molar-refractivity contribution in [2.24, 2.45) is 0 Å². The Hall–Kier alpha value is -1.95. The highest BCUT2D eigenvalue weighted by Crippen LogP contribution is 2.40. The second-order valence-electron chi connectivity index (χ2n) is 3.00. The molecule has 0 atom stereocenters. The number of esters is 1. The lowest BCUT2D eigenvalue weighted by Crippen LogP contribution is -2.18. The van der Waals surface area contributed by atoms with Crippen LogP contribution in [0.1, 0.15) is 17.3 Å². The van der Waals surface area contributed by atoms with Gasteiger partial charge in [0.25, 0.3) is 5.78 Å². The predicted octanol–water partition coefficient (Wildman–Crippen LogP) is 1.20. The van der Waals surface area contributed by atoms with Gasteiger partial charge in [-0.15, -0.1) is 0 Å². The van der Waals surface area contributed by atoms with Crippen molar-refractivity contribution in [3.05, 3.63) is 16.7 Å². The van der Waals surface area contributed by atoms with Crippen molar-refractivity contribution in [2.75, 3.05) is 6.61 Å². The summed E-state index contributed by atoms with van der Waals surface area (Å²) in [6.45, 7) is 1.46. The average molecular weight is 261 g/mol. The lowest BCUT2D eigenvalue weighted by molar-refractivity contribution is -0.137. The molecule has 0 amide bonds. The number of phenolic OH excluding ortho intramolecular Hbond substituents is 3. The number of halogens is 1. The minimum absolute atomic E-state index is 0.0340. The van der Waals surface area contributed by atoms with Gasteiger partial charge in [0.2, 0.25) is 0 Å². The van der Waals surface area contributed by atoms with Gasteiger partial charge in [0, 0.05) is 6.07 Å². The first kappa shape index (κ1) is 13.1. The van der Waals surface area contributed by atoms with E-state index in [1.165, 1.54) is 6.92 Å². The second-order valence-corrected chi connectivity index (χ2v) is 3.38. The van der Waals surface area contributed by atoms with Crippen LogP contribution in [0.4, 0.5) is 0 Å². The minimum atomic E-state index is -1.25. The van der Waals surface area contributed by atoms with E-state index in [-0.39, 0.29) is 6.61 Å². The number of carbonyl (C=O) groups excluding carboxylic acids is 2. The molecule has 0 heterocycles. The Kier molecular flexibility index (Phi) is 3.80. The highest BCUT2D eigenvalue weighted by Gasteiger charge is 2.28. The third kappa shape index (κ3) is 2.42. The number of Topliss-reactive ketones (excluding diaryl/α,β-unsaturated/α-hetero) is 1. The van der Waals surface area contributed by atoms with Crippen molar-refractivity contribution in [3.63, 3.8) is 0 Å². The molecule has 0 saturated carbocycles. The van der Waals surface area contributed by atoms with E-state index in [0.717, 1.165) is 6.07 Å². The Labute approximate surface area is 101 Å². The van der Waals surface area contributed by atoms with Crippen LogP contribution in [0.5, 0.6) is 17.2 Å². The summed E-state index contributed by atoms with van der Waals surface area (Å²) in [5.41, 5.74) is -0.692. The van der Waals surface area contributed by atoms with Crippen molar-refractivity contribution in [2.45, 2.75) is 6.92 Å². The fourth-order valence-electron chi connectivity index (χ4n) is 1.13. The van der Waals surface area contributed by atoms with Crippen LogP contribution >= 0.6 is 11.6 Å². The molecular weight excluding hydrogens is 252 g/mol. The van der Waals surface area contributed by atoms with E-state index >= 15 is 0 Å². The van der Waals surface area contributed by atoms with Gasteiger partial charge in [0.05, 0.1) is 17.2 Å². The van der Waals surface area contributed by atoms with E-state index in [4.69, 9.17) is 11.6 Å². The van der Waals surface area contributed by atoms with E-state index in [1.807, 2.05) is 0 Å². The second kappa shape index (κ2) is 4.92. The van der Waals surface area contributed by atoms with Gasteiger partial charge in [-0.25, -0.2) is 4.79 Å². The number of hydrogen-bond acceptors (Lipinski definition) is 6. The molecule has 0 aliphatic rings. The molecule has 0 bridgehead atoms. The summed E-state index contributed by atoms with van der Waals surface area (Å²) >= 11 is 5.56. The van der Waals surface area contributed by atoms with Crippen molar-refractivity contribution in [3.8, 4) is 17.2 Å². The number of aromatic hydroxyl groups is 3. The topological polar surface area (TPSA) is 104 Å². The van der Waals surface area contributed by atoms with Gasteiger partial charge in [0.1, 0.15) is 5.75 Å². The van der Waals surface area contributed by atoms with E-state index in [2.05, 4.69) is 4.74 Å². The Bertz CT molecular complexity index is 456. The third-order valence-electron chi connectivity index (χ3n) is 1.89. The van der Waals surface area contributed by atoms with E-state index < -0.39 is 39.6 Å². The molecule has 1 aromatic rings. The summed E-state index contributed by atoms with van der Waals surface area (Å²) in [7, 11) is 0. The normalized spacial score (nSPS) is 10.0. The highest BCUT2D eigenvalue weighted by atomic mass is 35.5. The van der Waals surface area contributed by atoms with E-state index in [0.29, 0.717) is 0 Å². The van der Waals surface area contributed by atoms with Crippen molar-refractivity contribution >= 4 is 23.4 Å². The van der Waals surface area contributed by atoms with Gasteiger partial charge in [-0.3, -0.25) is 4.79 Å². The summed E-state index contributed by atoms with van der Waals surface area (Å²) in [6.07, 6.45) is 0. The molecule has 6 nitrogen and oxygen atoms in total. The fraction of sp³-hybridized carbons (Fsp3) is 0.200. The average Bonchev–Trinajstić information content (AvgIpc) is 2.27. The summed E-state index contributed by atoms with van der Waals surface area (Å²) in [4.78, 5) is 22.7. The molecule has 0 aliphatic carbocycles. The number of rotatable bonds is 3. The SMILES string of the molecule is CCOC(=O)C(=O)c1c(O)c(O)cc(O)c1Cl. The van der Waals surface area contributed by atoms with Crippen LogP contribution in [0.15, 0.2) is 6.07 Å². The zero-order chi connectivity index (χ0) is 13.2. The number of ketones is 1. The molecule has 0 aromatic heterocycles. The molecule has 0 fully saturated rings. The number of hydrogen-bond donors (Lipinski definition) is 3. The predicted molar refractivity (Wildman–Crippen MR) is 57.4 cm³/mol. The monoisotopic (exact) mass is 260 g/mol. The van der Waals surface area contributed by atoms with Crippen molar-refractivity contribution < 1.29 is 29.6 Å². The molecule has 92 valence electrons. The van der Waals surface area contributed by atoms with Crippen molar-refractivity contribution in [1.29, 1.82) is 0 Å². The van der Waals surface area contributed by atoms with Gasteiger partial charge >= 0.3 is 5.97 Å². The largest absolute Gasteiger partial charge is 0.506 e. The number of benzene rings is 1. The van der Waals surface area contributed by atoms with Crippen LogP contribution < -0.4 is 0 Å². The standard InChI is InChI=1S/C10H9ClO6/c1-2-17-10(16)9(15)6-7(11)4(12)3-5(13)8(6)14/h3,12-14H,2H2,1H3. The maximum atomic E-state index is 11.5. The molecular formula is C10H9ClO6. The molecule has 0 unspecified atom stereocenters. The van der Waals surface area contributed by atoms with Gasteiger partial charge in [-0.1, -0.05) is 11.6 Å². The van der Waals surface area contributed by atoms with Crippen LogP contribution in [0.25, 0.3) is 0 Å². The molecule has 0 aliphatic heterocycles. The first-order valence-corrected chi connectivity index (χ1v) is 4.92. The Morgan fingerprint density at radius 2 is 1.88 bits per heavy atom. The minimum Gasteiger partial charge on any atom is -0.506 e. The van der Waals surface area contributed by atoms with Crippen LogP contribution in [-0.2, 0) is 9.53 Å². The quantitative estimate of drug-likeness (QED) is 0.248. The van der Waals surface area contributed by atoms with Gasteiger partial charge in [-0.05, 0) is 6.92 Å². The Morgan fingerprint density at radius 1 is 1.29 bits per heavy atom. The zero-order valence-corrected chi connectivity index (χ0v) is 9.48. The molecule has 17 heavy (non-hydrogen) atoms. The maximum Gasteiger partial charge on any atom is 0.379 e. The molecule has 0 spiro atoms. The molecule has 1 aromatic carbocycles. The maximum absolute atomic E-state index is 11.5. The van der Waals surface area contributed by atoms with Gasteiger partial charge in [-0.2, -0.15) is 0 Å². The van der Waals surface area contributed by atoms with Crippen LogP contribution in [0, 0.1) is 0 Å². The zero-order valence-electron chi connectivity index (χ0n) is 8.73. The first-order valence-electron chi connectivity index (χ1n) is 4.55. The molecule has 0 saturated heterocycles. The third-order valence-corrected chi connectivity index (χ3v) is 2.27. The smallest absolute Gasteiger partial charge is 0.379 e. The van der Waals surface area contributed by atoms with Gasteiger partial charge < -0.3 is 20.1 Å². The van der Waals surface area contributed by atoms with E-state index in [9.17, 15) is 24.9 Å².